The predicted molar refractivity (Wildman–Crippen MR) is 169 cm³/mol. The highest BCUT2D eigenvalue weighted by atomic mass is 32.2. The minimum atomic E-state index is -2.76. The summed E-state index contributed by atoms with van der Waals surface area (Å²) in [5.41, 5.74) is 2.99. The third-order valence-corrected chi connectivity index (χ3v) is 7.80. The Hall–Kier alpha value is -4.23. The van der Waals surface area contributed by atoms with E-state index in [1.54, 1.807) is 54.6 Å². The lowest BCUT2D eigenvalue weighted by atomic mass is 10.1. The van der Waals surface area contributed by atoms with Gasteiger partial charge in [-0.15, -0.1) is 0 Å². The van der Waals surface area contributed by atoms with E-state index in [0.29, 0.717) is 23.7 Å². The molecule has 0 saturated carbocycles. The number of nitrogens with zero attached hydrogens (tertiary/aromatic N) is 2. The third-order valence-electron chi connectivity index (χ3n) is 6.39. The van der Waals surface area contributed by atoms with Crippen molar-refractivity contribution in [2.75, 3.05) is 22.3 Å². The molecular weight excluding hydrogens is 604 g/mol. The van der Waals surface area contributed by atoms with E-state index in [0.717, 1.165) is 19.7 Å². The van der Waals surface area contributed by atoms with E-state index >= 15 is 0 Å². The van der Waals surface area contributed by atoms with Crippen LogP contribution in [0.3, 0.4) is 0 Å². The van der Waals surface area contributed by atoms with Crippen molar-refractivity contribution >= 4 is 51.3 Å². The standard InChI is InChI=1S/C32H34N2O8S2/c1-21(2)20-41-31-19-27(15-17-30(31)34(44(38)39)25-12-8-23(4)9-13-25)42-26-14-16-29(28(18-26)32(35)40-5)33(43(36)37)24-10-6-22(3)7-11-24/h6-19,21H,20H2,1-5H3,(H,36,37)(H,38,39)/p-2. The molecule has 12 heteroatoms. The van der Waals surface area contributed by atoms with E-state index in [9.17, 15) is 22.3 Å². The van der Waals surface area contributed by atoms with Crippen molar-refractivity contribution in [3.05, 3.63) is 102 Å². The lowest BCUT2D eigenvalue weighted by Gasteiger charge is -2.29. The first-order chi connectivity index (χ1) is 21.0. The SMILES string of the molecule is COC(=O)c1cc(Oc2ccc(N(c3ccc(C)cc3)S(=O)[O-])c(OCC(C)C)c2)ccc1N(c1ccc(C)cc1)S(=O)[O-]. The Morgan fingerprint density at radius 2 is 1.23 bits per heavy atom. The van der Waals surface area contributed by atoms with Gasteiger partial charge in [-0.1, -0.05) is 49.2 Å². The van der Waals surface area contributed by atoms with Gasteiger partial charge in [0, 0.05) is 6.07 Å². The minimum Gasteiger partial charge on any atom is -0.755 e. The maximum atomic E-state index is 12.8. The first kappa shape index (κ1) is 32.7. The Labute approximate surface area is 262 Å². The number of esters is 1. The van der Waals surface area contributed by atoms with Crippen LogP contribution in [-0.2, 0) is 27.3 Å². The van der Waals surface area contributed by atoms with Crippen molar-refractivity contribution in [1.29, 1.82) is 0 Å². The van der Waals surface area contributed by atoms with Crippen LogP contribution in [0.1, 0.15) is 35.3 Å². The summed E-state index contributed by atoms with van der Waals surface area (Å²) in [7, 11) is 1.20. The summed E-state index contributed by atoms with van der Waals surface area (Å²) in [6, 6.07) is 22.8. The molecule has 0 bridgehead atoms. The second kappa shape index (κ2) is 14.5. The Kier molecular flexibility index (Phi) is 10.8. The van der Waals surface area contributed by atoms with Gasteiger partial charge in [0.2, 0.25) is 0 Å². The molecule has 0 saturated heterocycles. The van der Waals surface area contributed by atoms with E-state index in [2.05, 4.69) is 0 Å². The molecule has 2 atom stereocenters. The fourth-order valence-electron chi connectivity index (χ4n) is 4.23. The molecule has 4 rings (SSSR count). The summed E-state index contributed by atoms with van der Waals surface area (Å²) in [4.78, 5) is 12.8. The lowest BCUT2D eigenvalue weighted by Crippen LogP contribution is -2.22. The predicted octanol–water partition coefficient (Wildman–Crippen LogP) is 6.78. The molecule has 0 aliphatic heterocycles. The van der Waals surface area contributed by atoms with Crippen LogP contribution in [0.25, 0.3) is 0 Å². The highest BCUT2D eigenvalue weighted by Crippen LogP contribution is 2.40. The summed E-state index contributed by atoms with van der Waals surface area (Å²) in [6.07, 6.45) is 0. The normalized spacial score (nSPS) is 12.4. The van der Waals surface area contributed by atoms with Gasteiger partial charge >= 0.3 is 5.97 Å². The number of aryl methyl sites for hydroxylation is 2. The highest BCUT2D eigenvalue weighted by Gasteiger charge is 2.22. The van der Waals surface area contributed by atoms with Gasteiger partial charge in [0.15, 0.2) is 0 Å². The van der Waals surface area contributed by atoms with Crippen molar-refractivity contribution in [1.82, 2.24) is 0 Å². The summed E-state index contributed by atoms with van der Waals surface area (Å²) < 4.78 is 68.5. The van der Waals surface area contributed by atoms with Crippen LogP contribution < -0.4 is 18.1 Å². The molecule has 0 N–H and O–H groups in total. The van der Waals surface area contributed by atoms with E-state index in [1.807, 2.05) is 39.8 Å². The maximum Gasteiger partial charge on any atom is 0.340 e. The van der Waals surface area contributed by atoms with Gasteiger partial charge in [-0.05, 0) is 74.4 Å². The monoisotopic (exact) mass is 636 g/mol. The second-order valence-electron chi connectivity index (χ2n) is 10.3. The molecule has 4 aromatic rings. The van der Waals surface area contributed by atoms with Gasteiger partial charge in [-0.2, -0.15) is 0 Å². The van der Waals surface area contributed by atoms with Crippen LogP contribution in [0.4, 0.5) is 22.7 Å². The van der Waals surface area contributed by atoms with Crippen molar-refractivity contribution in [3.8, 4) is 17.2 Å². The van der Waals surface area contributed by atoms with Gasteiger partial charge in [-0.3, -0.25) is 17.0 Å². The van der Waals surface area contributed by atoms with Crippen LogP contribution in [0, 0.1) is 19.8 Å². The molecule has 0 fully saturated rings. The highest BCUT2D eigenvalue weighted by molar-refractivity contribution is 7.81. The van der Waals surface area contributed by atoms with E-state index in [4.69, 9.17) is 14.2 Å². The van der Waals surface area contributed by atoms with Gasteiger partial charge in [0.25, 0.3) is 0 Å². The number of carbonyl (C=O) groups excluding carboxylic acids is 1. The number of carbonyl (C=O) groups is 1. The van der Waals surface area contributed by atoms with Crippen LogP contribution in [0.5, 0.6) is 17.2 Å². The molecule has 0 aromatic heterocycles. The average Bonchev–Trinajstić information content (AvgIpc) is 2.99. The maximum absolute atomic E-state index is 12.8. The van der Waals surface area contributed by atoms with Gasteiger partial charge in [-0.25, -0.2) is 4.79 Å². The molecule has 10 nitrogen and oxygen atoms in total. The zero-order chi connectivity index (χ0) is 32.0. The minimum absolute atomic E-state index is 0.0463. The molecule has 232 valence electrons. The van der Waals surface area contributed by atoms with E-state index in [-0.39, 0.29) is 34.4 Å². The molecule has 0 amide bonds. The van der Waals surface area contributed by atoms with Crippen LogP contribution >= 0.6 is 0 Å². The number of benzene rings is 4. The molecule has 0 aliphatic carbocycles. The number of anilines is 4. The number of rotatable bonds is 12. The Morgan fingerprint density at radius 3 is 1.70 bits per heavy atom. The van der Waals surface area contributed by atoms with Gasteiger partial charge in [0.1, 0.15) is 17.2 Å². The summed E-state index contributed by atoms with van der Waals surface area (Å²) in [5, 5.41) is 0. The summed E-state index contributed by atoms with van der Waals surface area (Å²) in [5.74, 6) is 0.143. The molecule has 0 radical (unpaired) electrons. The van der Waals surface area contributed by atoms with Crippen molar-refractivity contribution in [2.45, 2.75) is 27.7 Å². The molecular formula is C32H32N2O8S2-2. The number of hydrogen-bond acceptors (Lipinski definition) is 8. The first-order valence-corrected chi connectivity index (χ1v) is 15.6. The molecule has 2 unspecified atom stereocenters. The van der Waals surface area contributed by atoms with Crippen molar-refractivity contribution in [3.63, 3.8) is 0 Å². The zero-order valence-corrected chi connectivity index (χ0v) is 26.5. The Bertz CT molecular complexity index is 1660. The molecule has 0 heterocycles. The van der Waals surface area contributed by atoms with Crippen molar-refractivity contribution < 1.29 is 36.5 Å². The summed E-state index contributed by atoms with van der Waals surface area (Å²) in [6.45, 7) is 8.03. The zero-order valence-electron chi connectivity index (χ0n) is 24.8. The van der Waals surface area contributed by atoms with Gasteiger partial charge in [0.05, 0.1) is 64.6 Å². The quantitative estimate of drug-likeness (QED) is 0.123. The van der Waals surface area contributed by atoms with Crippen LogP contribution in [0.15, 0.2) is 84.9 Å². The lowest BCUT2D eigenvalue weighted by molar-refractivity contribution is 0.0601. The average molecular weight is 637 g/mol. The van der Waals surface area contributed by atoms with E-state index < -0.39 is 28.5 Å². The molecule has 4 aromatic carbocycles. The fourth-order valence-corrected chi connectivity index (χ4v) is 5.45. The van der Waals surface area contributed by atoms with Crippen molar-refractivity contribution in [2.24, 2.45) is 5.92 Å². The van der Waals surface area contributed by atoms with E-state index in [1.165, 1.54) is 25.3 Å². The number of hydrogen-bond donors (Lipinski definition) is 0. The molecule has 0 aliphatic rings. The number of ether oxygens (including phenoxy) is 3. The number of methoxy groups -OCH3 is 1. The third kappa shape index (κ3) is 7.83. The summed E-state index contributed by atoms with van der Waals surface area (Å²) >= 11 is -5.42. The molecule has 44 heavy (non-hydrogen) atoms. The molecule has 0 spiro atoms. The fraction of sp³-hybridized carbons (Fsp3) is 0.219. The first-order valence-electron chi connectivity index (χ1n) is 13.6. The van der Waals surface area contributed by atoms with Gasteiger partial charge < -0.3 is 23.3 Å². The second-order valence-corrected chi connectivity index (χ2v) is 11.9. The Balaban J connectivity index is 1.74. The van der Waals surface area contributed by atoms with Crippen LogP contribution in [0.2, 0.25) is 0 Å². The Morgan fingerprint density at radius 1 is 0.750 bits per heavy atom. The topological polar surface area (TPSA) is 132 Å². The largest absolute Gasteiger partial charge is 0.755 e. The van der Waals surface area contributed by atoms with Crippen LogP contribution in [-0.4, -0.2) is 37.2 Å². The smallest absolute Gasteiger partial charge is 0.340 e.